The predicted octanol–water partition coefficient (Wildman–Crippen LogP) is 0.965. The first-order chi connectivity index (χ1) is 8.54. The summed E-state index contributed by atoms with van der Waals surface area (Å²) in [6.07, 6.45) is 2.93. The van der Waals surface area contributed by atoms with E-state index in [4.69, 9.17) is 0 Å². The second-order valence-electron chi connectivity index (χ2n) is 3.78. The highest BCUT2D eigenvalue weighted by molar-refractivity contribution is 7.91. The van der Waals surface area contributed by atoms with Gasteiger partial charge < -0.3 is 5.11 Å². The van der Waals surface area contributed by atoms with Gasteiger partial charge in [-0.2, -0.15) is 0 Å². The smallest absolute Gasteiger partial charge is 0.179 e. The van der Waals surface area contributed by atoms with Gasteiger partial charge in [0.1, 0.15) is 5.75 Å². The molecule has 0 fully saturated rings. The first-order valence-corrected chi connectivity index (χ1v) is 7.12. The molecule has 6 nitrogen and oxygen atoms in total. The molecule has 0 aliphatic rings. The summed E-state index contributed by atoms with van der Waals surface area (Å²) >= 11 is 0. The molecule has 1 unspecified atom stereocenters. The second-order valence-corrected chi connectivity index (χ2v) is 6.13. The topological polar surface area (TPSA) is 85.1 Å². The van der Waals surface area contributed by atoms with E-state index in [9.17, 15) is 13.5 Å². The first kappa shape index (κ1) is 12.6. The zero-order valence-electron chi connectivity index (χ0n) is 9.76. The quantitative estimate of drug-likeness (QED) is 0.892. The third kappa shape index (κ3) is 2.35. The highest BCUT2D eigenvalue weighted by Crippen LogP contribution is 2.25. The van der Waals surface area contributed by atoms with Crippen molar-refractivity contribution in [2.24, 2.45) is 0 Å². The van der Waals surface area contributed by atoms with E-state index < -0.39 is 15.2 Å². The lowest BCUT2D eigenvalue weighted by Crippen LogP contribution is -2.23. The molecule has 0 saturated heterocycles. The first-order valence-electron chi connectivity index (χ1n) is 5.41. The standard InChI is InChI=1S/C11H13N3O3S/c1-2-18(16,17)11(14-8-7-12-13-14)9-3-5-10(15)6-4-9/h3-8,11,15H,2H2,1H3. The number of hydrogen-bond acceptors (Lipinski definition) is 5. The van der Waals surface area contributed by atoms with Crippen molar-refractivity contribution in [1.82, 2.24) is 15.0 Å². The van der Waals surface area contributed by atoms with E-state index in [1.165, 1.54) is 29.2 Å². The number of sulfone groups is 1. The predicted molar refractivity (Wildman–Crippen MR) is 65.7 cm³/mol. The highest BCUT2D eigenvalue weighted by Gasteiger charge is 2.28. The van der Waals surface area contributed by atoms with Crippen molar-refractivity contribution in [3.05, 3.63) is 42.2 Å². The van der Waals surface area contributed by atoms with Crippen LogP contribution in [0.2, 0.25) is 0 Å². The molecule has 1 aromatic carbocycles. The average molecular weight is 267 g/mol. The van der Waals surface area contributed by atoms with Crippen molar-refractivity contribution in [2.75, 3.05) is 5.75 Å². The minimum absolute atomic E-state index is 0.00158. The molecule has 96 valence electrons. The molecule has 0 aliphatic carbocycles. The monoisotopic (exact) mass is 267 g/mol. The van der Waals surface area contributed by atoms with Gasteiger partial charge in [-0.05, 0) is 17.7 Å². The average Bonchev–Trinajstić information content (AvgIpc) is 2.85. The summed E-state index contributed by atoms with van der Waals surface area (Å²) in [5.41, 5.74) is 0.542. The van der Waals surface area contributed by atoms with Crippen molar-refractivity contribution >= 4 is 9.84 Å². The van der Waals surface area contributed by atoms with Crippen LogP contribution < -0.4 is 0 Å². The maximum absolute atomic E-state index is 12.1. The number of nitrogens with zero attached hydrogens (tertiary/aromatic N) is 3. The van der Waals surface area contributed by atoms with Crippen LogP contribution in [-0.2, 0) is 9.84 Å². The Morgan fingerprint density at radius 1 is 1.33 bits per heavy atom. The van der Waals surface area contributed by atoms with Gasteiger partial charge in [0, 0.05) is 11.9 Å². The number of aromatic hydroxyl groups is 1. The Morgan fingerprint density at radius 2 is 2.00 bits per heavy atom. The Hall–Kier alpha value is -1.89. The molecule has 2 aromatic rings. The van der Waals surface area contributed by atoms with E-state index in [2.05, 4.69) is 10.3 Å². The summed E-state index contributed by atoms with van der Waals surface area (Å²) < 4.78 is 25.6. The Morgan fingerprint density at radius 3 is 2.50 bits per heavy atom. The van der Waals surface area contributed by atoms with Gasteiger partial charge in [-0.15, -0.1) is 5.10 Å². The van der Waals surface area contributed by atoms with E-state index in [1.54, 1.807) is 19.1 Å². The Kier molecular flexibility index (Phi) is 3.33. The summed E-state index contributed by atoms with van der Waals surface area (Å²) in [5.74, 6) is 0.0864. The molecular weight excluding hydrogens is 254 g/mol. The van der Waals surface area contributed by atoms with E-state index >= 15 is 0 Å². The van der Waals surface area contributed by atoms with Crippen LogP contribution in [0.1, 0.15) is 17.9 Å². The molecule has 18 heavy (non-hydrogen) atoms. The van der Waals surface area contributed by atoms with Gasteiger partial charge in [-0.25, -0.2) is 13.1 Å². The lowest BCUT2D eigenvalue weighted by Gasteiger charge is -2.17. The van der Waals surface area contributed by atoms with E-state index in [-0.39, 0.29) is 11.5 Å². The van der Waals surface area contributed by atoms with Crippen LogP contribution in [0, 0.1) is 0 Å². The molecule has 1 aromatic heterocycles. The van der Waals surface area contributed by atoms with Crippen molar-refractivity contribution < 1.29 is 13.5 Å². The summed E-state index contributed by atoms with van der Waals surface area (Å²) in [5, 5.41) is 15.7. The molecule has 1 N–H and O–H groups in total. The maximum atomic E-state index is 12.1. The minimum Gasteiger partial charge on any atom is -0.508 e. The molecule has 0 spiro atoms. The lowest BCUT2D eigenvalue weighted by atomic mass is 10.2. The van der Waals surface area contributed by atoms with Crippen LogP contribution in [0.5, 0.6) is 5.75 Å². The molecule has 0 radical (unpaired) electrons. The number of phenols is 1. The second kappa shape index (κ2) is 4.77. The van der Waals surface area contributed by atoms with Crippen LogP contribution in [-0.4, -0.2) is 34.3 Å². The summed E-state index contributed by atoms with van der Waals surface area (Å²) in [6, 6.07) is 6.03. The molecule has 0 amide bonds. The number of phenolic OH excluding ortho intramolecular Hbond substituents is 1. The van der Waals surface area contributed by atoms with Crippen LogP contribution in [0.3, 0.4) is 0 Å². The van der Waals surface area contributed by atoms with Gasteiger partial charge in [0.25, 0.3) is 0 Å². The Bertz CT molecular complexity index is 605. The van der Waals surface area contributed by atoms with Gasteiger partial charge in [0.15, 0.2) is 15.2 Å². The zero-order chi connectivity index (χ0) is 13.2. The van der Waals surface area contributed by atoms with Gasteiger partial charge in [-0.1, -0.05) is 24.3 Å². The van der Waals surface area contributed by atoms with Crippen LogP contribution >= 0.6 is 0 Å². The molecule has 1 atom stereocenters. The van der Waals surface area contributed by atoms with Gasteiger partial charge >= 0.3 is 0 Å². The Balaban J connectivity index is 2.53. The van der Waals surface area contributed by atoms with Crippen LogP contribution in [0.15, 0.2) is 36.7 Å². The van der Waals surface area contributed by atoms with E-state index in [1.807, 2.05) is 0 Å². The van der Waals surface area contributed by atoms with E-state index in [0.29, 0.717) is 5.56 Å². The van der Waals surface area contributed by atoms with Crippen molar-refractivity contribution in [3.63, 3.8) is 0 Å². The molecule has 2 rings (SSSR count). The zero-order valence-corrected chi connectivity index (χ0v) is 10.6. The summed E-state index contributed by atoms with van der Waals surface area (Å²) in [4.78, 5) is 0. The van der Waals surface area contributed by atoms with Crippen molar-refractivity contribution in [2.45, 2.75) is 12.3 Å². The van der Waals surface area contributed by atoms with Crippen molar-refractivity contribution in [1.29, 1.82) is 0 Å². The third-order valence-corrected chi connectivity index (χ3v) is 4.58. The number of benzene rings is 1. The van der Waals surface area contributed by atoms with Crippen LogP contribution in [0.25, 0.3) is 0 Å². The Labute approximate surface area is 105 Å². The maximum Gasteiger partial charge on any atom is 0.179 e. The fraction of sp³-hybridized carbons (Fsp3) is 0.273. The fourth-order valence-corrected chi connectivity index (χ4v) is 2.99. The van der Waals surface area contributed by atoms with Crippen LogP contribution in [0.4, 0.5) is 0 Å². The van der Waals surface area contributed by atoms with Crippen molar-refractivity contribution in [3.8, 4) is 5.75 Å². The number of hydrogen-bond donors (Lipinski definition) is 1. The normalized spacial score (nSPS) is 13.4. The summed E-state index contributed by atoms with van der Waals surface area (Å²) in [6.45, 7) is 1.58. The highest BCUT2D eigenvalue weighted by atomic mass is 32.2. The molecule has 1 heterocycles. The molecule has 0 saturated carbocycles. The number of aromatic nitrogens is 3. The molecule has 0 bridgehead atoms. The lowest BCUT2D eigenvalue weighted by molar-refractivity contribution is 0.474. The molecule has 7 heteroatoms. The van der Waals surface area contributed by atoms with Gasteiger partial charge in [0.05, 0.1) is 6.20 Å². The fourth-order valence-electron chi connectivity index (χ4n) is 1.66. The number of rotatable bonds is 4. The third-order valence-electron chi connectivity index (χ3n) is 2.60. The largest absolute Gasteiger partial charge is 0.508 e. The minimum atomic E-state index is -3.37. The van der Waals surface area contributed by atoms with Gasteiger partial charge in [-0.3, -0.25) is 0 Å². The van der Waals surface area contributed by atoms with E-state index in [0.717, 1.165) is 0 Å². The van der Waals surface area contributed by atoms with Gasteiger partial charge in [0.2, 0.25) is 0 Å². The molecule has 0 aliphatic heterocycles. The SMILES string of the molecule is CCS(=O)(=O)C(c1ccc(O)cc1)n1ccnn1. The molecular formula is C11H13N3O3S. The summed E-state index contributed by atoms with van der Waals surface area (Å²) in [7, 11) is -3.37.